The molecule has 3 rings (SSSR count). The second-order valence-electron chi connectivity index (χ2n) is 6.01. The number of halogens is 1. The number of non-ortho nitro benzene ring substituents is 1. The topological polar surface area (TPSA) is 89.5 Å². The maximum absolute atomic E-state index is 12.8. The van der Waals surface area contributed by atoms with E-state index < -0.39 is 4.92 Å². The van der Waals surface area contributed by atoms with Crippen LogP contribution < -0.4 is 5.73 Å². The summed E-state index contributed by atoms with van der Waals surface area (Å²) in [6.45, 7) is 2.66. The summed E-state index contributed by atoms with van der Waals surface area (Å²) in [6, 6.07) is 6.45. The zero-order valence-electron chi connectivity index (χ0n) is 13.3. The number of nitrogens with two attached hydrogens (primary N) is 1. The quantitative estimate of drug-likeness (QED) is 0.661. The number of nitro benzene ring substituents is 1. The Bertz CT molecular complexity index is 762. The van der Waals surface area contributed by atoms with E-state index in [0.29, 0.717) is 4.88 Å². The highest BCUT2D eigenvalue weighted by Gasteiger charge is 2.30. The molecule has 8 heteroatoms. The number of benzene rings is 1. The van der Waals surface area contributed by atoms with Gasteiger partial charge in [-0.1, -0.05) is 0 Å². The summed E-state index contributed by atoms with van der Waals surface area (Å²) >= 11 is 1.38. The molecule has 0 spiro atoms. The first-order chi connectivity index (χ1) is 11.0. The maximum atomic E-state index is 12.8. The van der Waals surface area contributed by atoms with Gasteiger partial charge in [-0.3, -0.25) is 14.9 Å². The number of hydrogen-bond acceptors (Lipinski definition) is 5. The monoisotopic (exact) mass is 369 g/mol. The zero-order chi connectivity index (χ0) is 16.6. The Morgan fingerprint density at radius 3 is 2.83 bits per heavy atom. The molecule has 1 aliphatic rings. The Morgan fingerprint density at radius 2 is 2.17 bits per heavy atom. The molecule has 2 N–H and O–H groups in total. The van der Waals surface area contributed by atoms with Crippen LogP contribution >= 0.6 is 23.7 Å². The van der Waals surface area contributed by atoms with E-state index in [1.807, 2.05) is 11.8 Å². The van der Waals surface area contributed by atoms with Gasteiger partial charge in [0.05, 0.1) is 9.80 Å². The molecule has 1 aliphatic heterocycles. The van der Waals surface area contributed by atoms with E-state index in [2.05, 4.69) is 0 Å². The van der Waals surface area contributed by atoms with Crippen molar-refractivity contribution in [3.05, 3.63) is 39.3 Å². The average Bonchev–Trinajstić information content (AvgIpc) is 2.97. The molecule has 130 valence electrons. The number of piperidine rings is 1. The van der Waals surface area contributed by atoms with Crippen LogP contribution in [0.15, 0.2) is 24.3 Å². The molecule has 2 aromatic rings. The molecule has 6 nitrogen and oxygen atoms in total. The predicted octanol–water partition coefficient (Wildman–Crippen LogP) is 3.57. The van der Waals surface area contributed by atoms with Crippen molar-refractivity contribution in [2.75, 3.05) is 6.54 Å². The molecule has 1 saturated heterocycles. The minimum Gasteiger partial charge on any atom is -0.333 e. The van der Waals surface area contributed by atoms with Gasteiger partial charge in [0.15, 0.2) is 0 Å². The first-order valence-electron chi connectivity index (χ1n) is 7.72. The van der Waals surface area contributed by atoms with Gasteiger partial charge < -0.3 is 10.6 Å². The number of nitrogens with zero attached hydrogens (tertiary/aromatic N) is 2. The minimum atomic E-state index is -0.421. The Morgan fingerprint density at radius 1 is 1.42 bits per heavy atom. The highest BCUT2D eigenvalue weighted by atomic mass is 35.5. The van der Waals surface area contributed by atoms with E-state index in [-0.39, 0.29) is 36.1 Å². The second kappa shape index (κ2) is 7.46. The van der Waals surface area contributed by atoms with Crippen LogP contribution in [0.3, 0.4) is 0 Å². The van der Waals surface area contributed by atoms with Crippen LogP contribution in [-0.4, -0.2) is 34.4 Å². The number of rotatable bonds is 3. The fourth-order valence-corrected chi connectivity index (χ4v) is 4.15. The van der Waals surface area contributed by atoms with Crippen LogP contribution in [-0.2, 0) is 0 Å². The summed E-state index contributed by atoms with van der Waals surface area (Å²) in [7, 11) is 0. The molecule has 24 heavy (non-hydrogen) atoms. The van der Waals surface area contributed by atoms with Crippen LogP contribution in [0.2, 0.25) is 0 Å². The largest absolute Gasteiger partial charge is 0.333 e. The van der Waals surface area contributed by atoms with Gasteiger partial charge in [-0.15, -0.1) is 23.7 Å². The van der Waals surface area contributed by atoms with Crippen molar-refractivity contribution in [2.45, 2.75) is 38.3 Å². The van der Waals surface area contributed by atoms with Gasteiger partial charge in [-0.25, -0.2) is 0 Å². The summed E-state index contributed by atoms with van der Waals surface area (Å²) in [4.78, 5) is 25.8. The average molecular weight is 370 g/mol. The van der Waals surface area contributed by atoms with Crippen molar-refractivity contribution in [3.8, 4) is 0 Å². The molecule has 0 aliphatic carbocycles. The van der Waals surface area contributed by atoms with Crippen molar-refractivity contribution in [2.24, 2.45) is 5.73 Å². The summed E-state index contributed by atoms with van der Waals surface area (Å²) in [6.07, 6.45) is 3.01. The Labute approximate surface area is 150 Å². The minimum absolute atomic E-state index is 0. The number of carbonyl (C=O) groups excluding carboxylic acids is 1. The van der Waals surface area contributed by atoms with E-state index in [1.165, 1.54) is 23.5 Å². The first kappa shape index (κ1) is 18.6. The first-order valence-corrected chi connectivity index (χ1v) is 8.53. The number of fused-ring (bicyclic) bond motifs is 1. The lowest BCUT2D eigenvalue weighted by Crippen LogP contribution is -2.51. The highest BCUT2D eigenvalue weighted by molar-refractivity contribution is 7.20. The Kier molecular flexibility index (Phi) is 5.79. The molecule has 0 radical (unpaired) electrons. The molecule has 0 saturated carbocycles. The maximum Gasteiger partial charge on any atom is 0.270 e. The van der Waals surface area contributed by atoms with Crippen LogP contribution in [0.5, 0.6) is 0 Å². The SMILES string of the molecule is CC(N)C1CCCCN1C(=O)c1cc2cc([N+](=O)[O-])ccc2s1.Cl. The van der Waals surface area contributed by atoms with Crippen molar-refractivity contribution >= 4 is 45.4 Å². The lowest BCUT2D eigenvalue weighted by molar-refractivity contribution is -0.384. The molecule has 0 bridgehead atoms. The van der Waals surface area contributed by atoms with Crippen molar-refractivity contribution < 1.29 is 9.72 Å². The van der Waals surface area contributed by atoms with Gasteiger partial charge >= 0.3 is 0 Å². The normalized spacial score (nSPS) is 18.9. The number of carbonyl (C=O) groups is 1. The van der Waals surface area contributed by atoms with E-state index in [4.69, 9.17) is 5.73 Å². The highest BCUT2D eigenvalue weighted by Crippen LogP contribution is 2.31. The van der Waals surface area contributed by atoms with Gasteiger partial charge in [0, 0.05) is 40.8 Å². The number of amides is 1. The van der Waals surface area contributed by atoms with Gasteiger partial charge in [0.2, 0.25) is 0 Å². The van der Waals surface area contributed by atoms with E-state index in [1.54, 1.807) is 12.1 Å². The molecule has 2 unspecified atom stereocenters. The molecular formula is C16H20ClN3O3S. The number of likely N-dealkylation sites (tertiary alicyclic amines) is 1. The fourth-order valence-electron chi connectivity index (χ4n) is 3.15. The predicted molar refractivity (Wildman–Crippen MR) is 98.1 cm³/mol. The molecule has 2 atom stereocenters. The van der Waals surface area contributed by atoms with Gasteiger partial charge in [0.25, 0.3) is 11.6 Å². The molecule has 1 amide bonds. The summed E-state index contributed by atoms with van der Waals surface area (Å²) in [5, 5.41) is 11.6. The van der Waals surface area contributed by atoms with Gasteiger partial charge in [-0.2, -0.15) is 0 Å². The number of thiophene rings is 1. The third kappa shape index (κ3) is 3.53. The molecular weight excluding hydrogens is 350 g/mol. The van der Waals surface area contributed by atoms with Crippen LogP contribution in [0.25, 0.3) is 10.1 Å². The Hall–Kier alpha value is -1.70. The summed E-state index contributed by atoms with van der Waals surface area (Å²) in [5.74, 6) is -0.0177. The third-order valence-corrected chi connectivity index (χ3v) is 5.44. The van der Waals surface area contributed by atoms with Gasteiger partial charge in [0.1, 0.15) is 0 Å². The molecule has 1 fully saturated rings. The summed E-state index contributed by atoms with van der Waals surface area (Å²) in [5.41, 5.74) is 6.08. The third-order valence-electron chi connectivity index (χ3n) is 4.34. The Balaban J connectivity index is 0.00000208. The molecule has 2 heterocycles. The smallest absolute Gasteiger partial charge is 0.270 e. The fraction of sp³-hybridized carbons (Fsp3) is 0.438. The van der Waals surface area contributed by atoms with Crippen molar-refractivity contribution in [1.29, 1.82) is 0 Å². The number of hydrogen-bond donors (Lipinski definition) is 1. The van der Waals surface area contributed by atoms with Crippen LogP contribution in [0.4, 0.5) is 5.69 Å². The van der Waals surface area contributed by atoms with Crippen molar-refractivity contribution in [3.63, 3.8) is 0 Å². The standard InChI is InChI=1S/C16H19N3O3S.ClH/c1-10(17)13-4-2-3-7-18(13)16(20)15-9-11-8-12(19(21)22)5-6-14(11)23-15;/h5-6,8-10,13H,2-4,7,17H2,1H3;1H. The van der Waals surface area contributed by atoms with E-state index in [0.717, 1.165) is 35.9 Å². The lowest BCUT2D eigenvalue weighted by Gasteiger charge is -2.37. The van der Waals surface area contributed by atoms with Gasteiger partial charge in [-0.05, 0) is 38.3 Å². The van der Waals surface area contributed by atoms with Crippen LogP contribution in [0.1, 0.15) is 35.9 Å². The van der Waals surface area contributed by atoms with E-state index >= 15 is 0 Å². The zero-order valence-corrected chi connectivity index (χ0v) is 14.9. The van der Waals surface area contributed by atoms with Crippen LogP contribution in [0, 0.1) is 10.1 Å². The van der Waals surface area contributed by atoms with Crippen molar-refractivity contribution in [1.82, 2.24) is 4.90 Å². The van der Waals surface area contributed by atoms with E-state index in [9.17, 15) is 14.9 Å². The molecule has 1 aromatic carbocycles. The second-order valence-corrected chi connectivity index (χ2v) is 7.09. The molecule has 1 aromatic heterocycles. The summed E-state index contributed by atoms with van der Waals surface area (Å²) < 4.78 is 0.883. The number of nitro groups is 1. The lowest BCUT2D eigenvalue weighted by atomic mass is 9.97.